The number of benzene rings is 1. The first kappa shape index (κ1) is 23.8. The summed E-state index contributed by atoms with van der Waals surface area (Å²) in [7, 11) is 0. The molecule has 1 aromatic carbocycles. The van der Waals surface area contributed by atoms with Crippen LogP contribution in [0, 0.1) is 0 Å². The molecule has 10 heteroatoms. The average molecular weight is 514 g/mol. The minimum Gasteiger partial charge on any atom is -0.493 e. The molecule has 0 unspecified atom stereocenters. The zero-order valence-corrected chi connectivity index (χ0v) is 20.6. The quantitative estimate of drug-likeness (QED) is 0.336. The molecule has 5 heterocycles. The molecule has 2 aliphatic rings. The summed E-state index contributed by atoms with van der Waals surface area (Å²) < 4.78 is 18.6. The van der Waals surface area contributed by atoms with Gasteiger partial charge in [0.25, 0.3) is 6.29 Å². The fourth-order valence-electron chi connectivity index (χ4n) is 4.85. The van der Waals surface area contributed by atoms with E-state index in [0.29, 0.717) is 24.2 Å². The molecular weight excluding hydrogens is 486 g/mol. The predicted molar refractivity (Wildman–Crippen MR) is 139 cm³/mol. The molecule has 3 aromatic heterocycles. The molecule has 0 bridgehead atoms. The van der Waals surface area contributed by atoms with Crippen LogP contribution in [0.4, 0.5) is 5.82 Å². The van der Waals surface area contributed by atoms with Crippen LogP contribution < -0.4 is 10.1 Å². The number of nitrogens with one attached hydrogen (secondary N) is 1. The normalized spacial score (nSPS) is 15.4. The summed E-state index contributed by atoms with van der Waals surface area (Å²) in [5.41, 5.74) is 4.44. The molecule has 6 rings (SSSR count). The van der Waals surface area contributed by atoms with Crippen molar-refractivity contribution >= 4 is 22.7 Å². The molecule has 10 nitrogen and oxygen atoms in total. The number of carboxylic acids is 1. The maximum Gasteiger partial charge on any atom is 0.305 e. The number of aryl methyl sites for hydroxylation is 1. The van der Waals surface area contributed by atoms with E-state index in [0.717, 1.165) is 47.6 Å². The molecule has 0 fully saturated rings. The van der Waals surface area contributed by atoms with Crippen molar-refractivity contribution in [2.45, 2.75) is 38.0 Å². The molecule has 38 heavy (non-hydrogen) atoms. The van der Waals surface area contributed by atoms with Crippen LogP contribution in [0.2, 0.25) is 0 Å². The number of hydrogen-bond donors (Lipinski definition) is 2. The number of carboxylic acid groups (broad SMARTS) is 1. The Hall–Kier alpha value is -4.60. The molecule has 0 radical (unpaired) electrons. The number of hydrogen-bond acceptors (Lipinski definition) is 8. The van der Waals surface area contributed by atoms with Crippen LogP contribution >= 0.6 is 0 Å². The maximum absolute atomic E-state index is 11.8. The van der Waals surface area contributed by atoms with Gasteiger partial charge in [-0.3, -0.25) is 14.5 Å². The molecule has 4 aromatic rings. The van der Waals surface area contributed by atoms with Crippen molar-refractivity contribution in [3.8, 4) is 5.75 Å². The van der Waals surface area contributed by atoms with Crippen molar-refractivity contribution in [3.05, 3.63) is 89.9 Å². The van der Waals surface area contributed by atoms with Crippen LogP contribution in [-0.4, -0.2) is 44.0 Å². The maximum atomic E-state index is 11.8. The van der Waals surface area contributed by atoms with Crippen molar-refractivity contribution < 1.29 is 24.1 Å². The fraction of sp³-hybridized carbons (Fsp3) is 0.286. The highest BCUT2D eigenvalue weighted by molar-refractivity contribution is 5.81. The van der Waals surface area contributed by atoms with Crippen LogP contribution in [0.5, 0.6) is 5.75 Å². The van der Waals surface area contributed by atoms with Gasteiger partial charge in [-0.25, -0.2) is 4.98 Å². The standard InChI is InChI=1S/C28H27N5O5/c34-26(35)14-25(19-12-21(16-29-15-19)28-37-10-11-38-28)33-24-6-5-23(13-20(24)17-31-33)36-9-7-22-4-3-18-2-1-8-30-27(18)32-22/h3-6,10-13,15-17,25,28H,1-2,7-9,14H2,(H,30,32)(H,34,35)/t25-/m1/s1. The summed E-state index contributed by atoms with van der Waals surface area (Å²) in [4.78, 5) is 20.8. The lowest BCUT2D eigenvalue weighted by atomic mass is 10.0. The summed E-state index contributed by atoms with van der Waals surface area (Å²) in [5.74, 6) is 0.763. The van der Waals surface area contributed by atoms with Gasteiger partial charge >= 0.3 is 5.97 Å². The van der Waals surface area contributed by atoms with Crippen molar-refractivity contribution in [2.24, 2.45) is 0 Å². The Labute approximate surface area is 218 Å². The van der Waals surface area contributed by atoms with E-state index in [1.165, 1.54) is 18.1 Å². The van der Waals surface area contributed by atoms with Crippen molar-refractivity contribution in [2.75, 3.05) is 18.5 Å². The second-order valence-electron chi connectivity index (χ2n) is 9.29. The summed E-state index contributed by atoms with van der Waals surface area (Å²) in [6.07, 6.45) is 10.1. The smallest absolute Gasteiger partial charge is 0.305 e. The van der Waals surface area contributed by atoms with E-state index in [2.05, 4.69) is 27.5 Å². The molecule has 0 saturated carbocycles. The van der Waals surface area contributed by atoms with E-state index in [1.807, 2.05) is 24.3 Å². The molecule has 2 aliphatic heterocycles. The topological polar surface area (TPSA) is 121 Å². The van der Waals surface area contributed by atoms with Gasteiger partial charge in [-0.1, -0.05) is 6.07 Å². The summed E-state index contributed by atoms with van der Waals surface area (Å²) in [6.45, 7) is 1.45. The Morgan fingerprint density at radius 2 is 2.05 bits per heavy atom. The molecule has 0 spiro atoms. The van der Waals surface area contributed by atoms with Crippen molar-refractivity contribution in [1.29, 1.82) is 0 Å². The van der Waals surface area contributed by atoms with E-state index in [4.69, 9.17) is 19.2 Å². The Morgan fingerprint density at radius 3 is 2.92 bits per heavy atom. The molecule has 0 aliphatic carbocycles. The van der Waals surface area contributed by atoms with E-state index in [9.17, 15) is 9.90 Å². The van der Waals surface area contributed by atoms with Gasteiger partial charge in [0.15, 0.2) is 0 Å². The van der Waals surface area contributed by atoms with E-state index in [-0.39, 0.29) is 6.42 Å². The first-order valence-electron chi connectivity index (χ1n) is 12.6. The van der Waals surface area contributed by atoms with Gasteiger partial charge in [-0.05, 0) is 54.3 Å². The van der Waals surface area contributed by atoms with Crippen LogP contribution in [0.15, 0.2) is 67.5 Å². The van der Waals surface area contributed by atoms with Gasteiger partial charge < -0.3 is 24.6 Å². The number of ether oxygens (including phenoxy) is 3. The number of carbonyl (C=O) groups is 1. The molecule has 2 N–H and O–H groups in total. The van der Waals surface area contributed by atoms with E-state index >= 15 is 0 Å². The van der Waals surface area contributed by atoms with E-state index < -0.39 is 18.3 Å². The zero-order chi connectivity index (χ0) is 25.9. The third-order valence-corrected chi connectivity index (χ3v) is 6.71. The molecule has 0 saturated heterocycles. The van der Waals surface area contributed by atoms with Gasteiger partial charge in [-0.15, -0.1) is 0 Å². The number of nitrogens with zero attached hydrogens (tertiary/aromatic N) is 4. The Balaban J connectivity index is 1.19. The highest BCUT2D eigenvalue weighted by Gasteiger charge is 2.24. The van der Waals surface area contributed by atoms with Gasteiger partial charge in [0.05, 0.1) is 36.3 Å². The number of rotatable bonds is 9. The van der Waals surface area contributed by atoms with Gasteiger partial charge in [0, 0.05) is 36.4 Å². The van der Waals surface area contributed by atoms with Gasteiger partial charge in [0.1, 0.15) is 24.1 Å². The van der Waals surface area contributed by atoms with E-state index in [1.54, 1.807) is 23.3 Å². The SMILES string of the molecule is O=C(O)C[C@H](c1cncc(C2OC=CO2)c1)n1ncc2cc(OCCc3ccc4c(n3)NCCC4)ccc21. The number of aliphatic carboxylic acids is 1. The summed E-state index contributed by atoms with van der Waals surface area (Å²) in [6, 6.07) is 11.2. The highest BCUT2D eigenvalue weighted by atomic mass is 16.7. The minimum absolute atomic E-state index is 0.159. The highest BCUT2D eigenvalue weighted by Crippen LogP contribution is 2.31. The second kappa shape index (κ2) is 10.4. The predicted octanol–water partition coefficient (Wildman–Crippen LogP) is 4.39. The summed E-state index contributed by atoms with van der Waals surface area (Å²) in [5, 5.41) is 18.4. The summed E-state index contributed by atoms with van der Waals surface area (Å²) >= 11 is 0. The van der Waals surface area contributed by atoms with Crippen LogP contribution in [0.1, 0.15) is 47.6 Å². The van der Waals surface area contributed by atoms with Crippen LogP contribution in [0.3, 0.4) is 0 Å². The number of anilines is 1. The van der Waals surface area contributed by atoms with Crippen LogP contribution in [-0.2, 0) is 27.1 Å². The lowest BCUT2D eigenvalue weighted by Crippen LogP contribution is -2.17. The Kier molecular flexibility index (Phi) is 6.51. The van der Waals surface area contributed by atoms with Crippen molar-refractivity contribution in [1.82, 2.24) is 19.7 Å². The number of pyridine rings is 2. The minimum atomic E-state index is -0.940. The Bertz CT molecular complexity index is 1490. The second-order valence-corrected chi connectivity index (χ2v) is 9.29. The Morgan fingerprint density at radius 1 is 1.16 bits per heavy atom. The van der Waals surface area contributed by atoms with Crippen molar-refractivity contribution in [3.63, 3.8) is 0 Å². The largest absolute Gasteiger partial charge is 0.493 e. The van der Waals surface area contributed by atoms with Gasteiger partial charge in [0.2, 0.25) is 0 Å². The molecule has 1 atom stereocenters. The fourth-order valence-corrected chi connectivity index (χ4v) is 4.85. The zero-order valence-electron chi connectivity index (χ0n) is 20.6. The third kappa shape index (κ3) is 4.97. The third-order valence-electron chi connectivity index (χ3n) is 6.71. The van der Waals surface area contributed by atoms with Gasteiger partial charge in [-0.2, -0.15) is 5.10 Å². The lowest BCUT2D eigenvalue weighted by molar-refractivity contribution is -0.137. The molecular formula is C28H27N5O5. The monoisotopic (exact) mass is 513 g/mol. The number of aromatic nitrogens is 4. The first-order valence-corrected chi connectivity index (χ1v) is 12.6. The van der Waals surface area contributed by atoms with Crippen LogP contribution in [0.25, 0.3) is 10.9 Å². The molecule has 194 valence electrons. The first-order chi connectivity index (χ1) is 18.6. The number of fused-ring (bicyclic) bond motifs is 2. The average Bonchev–Trinajstić information content (AvgIpc) is 3.62. The lowest BCUT2D eigenvalue weighted by Gasteiger charge is -2.19. The molecule has 0 amide bonds.